The van der Waals surface area contributed by atoms with Crippen molar-refractivity contribution in [3.8, 4) is 11.5 Å². The molecule has 3 rings (SSSR count). The molecule has 0 saturated heterocycles. The first-order chi connectivity index (χ1) is 13.1. The van der Waals surface area contributed by atoms with Crippen molar-refractivity contribution in [3.05, 3.63) is 59.7 Å². The molecule has 6 nitrogen and oxygen atoms in total. The van der Waals surface area contributed by atoms with E-state index in [1.54, 1.807) is 49.4 Å². The Labute approximate surface area is 157 Å². The van der Waals surface area contributed by atoms with Crippen LogP contribution in [0.1, 0.15) is 40.5 Å². The molecular weight excluding hydrogens is 346 g/mol. The van der Waals surface area contributed by atoms with E-state index in [1.807, 2.05) is 6.07 Å². The van der Waals surface area contributed by atoms with Crippen LogP contribution < -0.4 is 9.47 Å². The molecule has 1 heterocycles. The zero-order valence-corrected chi connectivity index (χ0v) is 15.1. The van der Waals surface area contributed by atoms with E-state index in [0.717, 1.165) is 0 Å². The summed E-state index contributed by atoms with van der Waals surface area (Å²) in [5, 5.41) is 0. The number of hydrogen-bond acceptors (Lipinski definition) is 5. The summed E-state index contributed by atoms with van der Waals surface area (Å²) >= 11 is 0. The second kappa shape index (κ2) is 8.49. The Morgan fingerprint density at radius 3 is 2.07 bits per heavy atom. The predicted octanol–water partition coefficient (Wildman–Crippen LogP) is 3.11. The van der Waals surface area contributed by atoms with Gasteiger partial charge in [-0.2, -0.15) is 0 Å². The van der Waals surface area contributed by atoms with Crippen LogP contribution >= 0.6 is 0 Å². The fourth-order valence-corrected chi connectivity index (χ4v) is 2.86. The molecule has 2 amide bonds. The van der Waals surface area contributed by atoms with Crippen molar-refractivity contribution < 1.29 is 23.9 Å². The monoisotopic (exact) mass is 367 g/mol. The summed E-state index contributed by atoms with van der Waals surface area (Å²) in [5.41, 5.74) is 0.868. The highest BCUT2D eigenvalue weighted by atomic mass is 16.5. The molecule has 0 fully saturated rings. The van der Waals surface area contributed by atoms with Crippen molar-refractivity contribution in [1.29, 1.82) is 0 Å². The lowest BCUT2D eigenvalue weighted by molar-refractivity contribution is -0.117. The quantitative estimate of drug-likeness (QED) is 0.503. The number of carbonyl (C=O) groups is 3. The van der Waals surface area contributed by atoms with Crippen molar-refractivity contribution >= 4 is 17.6 Å². The molecule has 2 aromatic carbocycles. The third kappa shape index (κ3) is 4.53. The average Bonchev–Trinajstić information content (AvgIpc) is 2.91. The van der Waals surface area contributed by atoms with Crippen LogP contribution in [0, 0.1) is 0 Å². The van der Waals surface area contributed by atoms with Crippen molar-refractivity contribution in [2.45, 2.75) is 19.8 Å². The van der Waals surface area contributed by atoms with Crippen molar-refractivity contribution in [3.63, 3.8) is 0 Å². The van der Waals surface area contributed by atoms with Gasteiger partial charge in [0.15, 0.2) is 0 Å². The zero-order chi connectivity index (χ0) is 19.2. The van der Waals surface area contributed by atoms with Gasteiger partial charge in [0.2, 0.25) is 0 Å². The van der Waals surface area contributed by atoms with Gasteiger partial charge in [0.05, 0.1) is 24.3 Å². The first-order valence-electron chi connectivity index (χ1n) is 8.86. The van der Waals surface area contributed by atoms with Gasteiger partial charge in [0.25, 0.3) is 11.8 Å². The molecule has 1 aliphatic rings. The number of benzene rings is 2. The number of hydrogen-bond donors (Lipinski definition) is 0. The third-order valence-electron chi connectivity index (χ3n) is 4.21. The topological polar surface area (TPSA) is 72.9 Å². The van der Waals surface area contributed by atoms with Crippen molar-refractivity contribution in [1.82, 2.24) is 4.90 Å². The molecule has 0 bridgehead atoms. The molecule has 0 unspecified atom stereocenters. The van der Waals surface area contributed by atoms with Gasteiger partial charge in [0.1, 0.15) is 23.9 Å². The van der Waals surface area contributed by atoms with E-state index in [0.29, 0.717) is 42.1 Å². The Kier molecular flexibility index (Phi) is 5.86. The lowest BCUT2D eigenvalue weighted by atomic mass is 10.1. The van der Waals surface area contributed by atoms with E-state index < -0.39 is 0 Å². The lowest BCUT2D eigenvalue weighted by Crippen LogP contribution is -2.33. The van der Waals surface area contributed by atoms with Crippen LogP contribution in [0.15, 0.2) is 48.5 Å². The summed E-state index contributed by atoms with van der Waals surface area (Å²) in [5.74, 6) is 0.805. The van der Waals surface area contributed by atoms with Gasteiger partial charge in [-0.15, -0.1) is 0 Å². The minimum atomic E-state index is -0.290. The molecular formula is C21H21NO5. The van der Waals surface area contributed by atoms with Gasteiger partial charge in [-0.1, -0.05) is 18.2 Å². The van der Waals surface area contributed by atoms with Gasteiger partial charge in [-0.3, -0.25) is 14.5 Å². The number of amides is 2. The maximum absolute atomic E-state index is 12.3. The van der Waals surface area contributed by atoms with Gasteiger partial charge in [0, 0.05) is 12.5 Å². The summed E-state index contributed by atoms with van der Waals surface area (Å²) in [4.78, 5) is 36.7. The Balaban J connectivity index is 1.50. The highest BCUT2D eigenvalue weighted by Gasteiger charge is 2.34. The Morgan fingerprint density at radius 2 is 1.48 bits per heavy atom. The largest absolute Gasteiger partial charge is 0.493 e. The molecule has 0 saturated carbocycles. The highest BCUT2D eigenvalue weighted by Crippen LogP contribution is 2.23. The number of ether oxygens (including phenoxy) is 2. The van der Waals surface area contributed by atoms with Crippen LogP contribution in [0.2, 0.25) is 0 Å². The van der Waals surface area contributed by atoms with Crippen LogP contribution in [-0.2, 0) is 4.79 Å². The molecule has 1 aliphatic heterocycles. The molecule has 0 atom stereocenters. The summed E-state index contributed by atoms with van der Waals surface area (Å²) in [6, 6.07) is 13.9. The second-order valence-electron chi connectivity index (χ2n) is 6.28. The number of nitrogens with zero attached hydrogens (tertiary/aromatic N) is 1. The second-order valence-corrected chi connectivity index (χ2v) is 6.28. The maximum atomic E-state index is 12.3. The van der Waals surface area contributed by atoms with Crippen LogP contribution in [-0.4, -0.2) is 42.3 Å². The standard InChI is InChI=1S/C21H21NO5/c1-15(23)6-5-12-26-16-7-4-8-17(14-16)27-13-11-22-20(24)18-9-2-3-10-19(18)21(22)25/h2-4,7-10,14H,5-6,11-13H2,1H3. The van der Waals surface area contributed by atoms with Crippen LogP contribution in [0.3, 0.4) is 0 Å². The average molecular weight is 367 g/mol. The number of ketones is 1. The number of rotatable bonds is 9. The maximum Gasteiger partial charge on any atom is 0.261 e. The molecule has 0 aliphatic carbocycles. The van der Waals surface area contributed by atoms with E-state index in [9.17, 15) is 14.4 Å². The van der Waals surface area contributed by atoms with E-state index >= 15 is 0 Å². The zero-order valence-electron chi connectivity index (χ0n) is 15.1. The first-order valence-corrected chi connectivity index (χ1v) is 8.86. The minimum Gasteiger partial charge on any atom is -0.493 e. The van der Waals surface area contributed by atoms with Crippen LogP contribution in [0.25, 0.3) is 0 Å². The van der Waals surface area contributed by atoms with Crippen molar-refractivity contribution in [2.75, 3.05) is 19.8 Å². The van der Waals surface area contributed by atoms with Crippen LogP contribution in [0.4, 0.5) is 0 Å². The SMILES string of the molecule is CC(=O)CCCOc1cccc(OCCN2C(=O)c3ccccc3C2=O)c1. The molecule has 6 heteroatoms. The molecule has 0 spiro atoms. The van der Waals surface area contributed by atoms with E-state index in [-0.39, 0.29) is 30.7 Å². The summed E-state index contributed by atoms with van der Waals surface area (Å²) in [7, 11) is 0. The summed E-state index contributed by atoms with van der Waals surface area (Å²) in [6.07, 6.45) is 1.16. The molecule has 27 heavy (non-hydrogen) atoms. The van der Waals surface area contributed by atoms with Gasteiger partial charge in [-0.25, -0.2) is 0 Å². The molecule has 0 N–H and O–H groups in total. The smallest absolute Gasteiger partial charge is 0.261 e. The molecule has 2 aromatic rings. The lowest BCUT2D eigenvalue weighted by Gasteiger charge is -2.15. The first kappa shape index (κ1) is 18.6. The third-order valence-corrected chi connectivity index (χ3v) is 4.21. The van der Waals surface area contributed by atoms with E-state index in [1.165, 1.54) is 4.90 Å². The van der Waals surface area contributed by atoms with Crippen molar-refractivity contribution in [2.24, 2.45) is 0 Å². The van der Waals surface area contributed by atoms with E-state index in [4.69, 9.17) is 9.47 Å². The fraction of sp³-hybridized carbons (Fsp3) is 0.286. The molecule has 0 aromatic heterocycles. The Bertz CT molecular complexity index is 826. The number of Topliss-reactive ketones (excluding diaryl/α,β-unsaturated/α-hetero) is 1. The number of carbonyl (C=O) groups excluding carboxylic acids is 3. The van der Waals surface area contributed by atoms with Gasteiger partial charge >= 0.3 is 0 Å². The van der Waals surface area contributed by atoms with E-state index in [2.05, 4.69) is 0 Å². The number of fused-ring (bicyclic) bond motifs is 1. The highest BCUT2D eigenvalue weighted by molar-refractivity contribution is 6.21. The number of imide groups is 1. The summed E-state index contributed by atoms with van der Waals surface area (Å²) in [6.45, 7) is 2.39. The summed E-state index contributed by atoms with van der Waals surface area (Å²) < 4.78 is 11.3. The molecule has 140 valence electrons. The minimum absolute atomic E-state index is 0.142. The van der Waals surface area contributed by atoms with Gasteiger partial charge < -0.3 is 14.3 Å². The fourth-order valence-electron chi connectivity index (χ4n) is 2.86. The van der Waals surface area contributed by atoms with Gasteiger partial charge in [-0.05, 0) is 37.6 Å². The normalized spacial score (nSPS) is 12.9. The predicted molar refractivity (Wildman–Crippen MR) is 99.2 cm³/mol. The molecule has 0 radical (unpaired) electrons. The Hall–Kier alpha value is -3.15. The van der Waals surface area contributed by atoms with Crippen LogP contribution in [0.5, 0.6) is 11.5 Å². The Morgan fingerprint density at radius 1 is 0.889 bits per heavy atom.